The summed E-state index contributed by atoms with van der Waals surface area (Å²) in [6.45, 7) is 1.22. The first-order chi connectivity index (χ1) is 10.9. The fourth-order valence-corrected chi connectivity index (χ4v) is 3.05. The van der Waals surface area contributed by atoms with Crippen LogP contribution in [0, 0.1) is 0 Å². The highest BCUT2D eigenvalue weighted by Gasteiger charge is 2.56. The molecule has 0 saturated carbocycles. The standard InChI is InChI=1S/C13H18N2O7S/c1-2-21-9(18)5-13(11(23)10(19)7(6-16)22-13)15-4-3-8(17)14-12(15)20/h3-4,7,10-11,16,19,23H,2,5-6H2,1H3,(H,14,17,20)/t7-,10-,11-,13-/m1/s1. The lowest BCUT2D eigenvalue weighted by Crippen LogP contribution is -2.51. The van der Waals surface area contributed by atoms with Gasteiger partial charge in [0.2, 0.25) is 0 Å². The number of aromatic amines is 1. The van der Waals surface area contributed by atoms with Gasteiger partial charge in [-0.3, -0.25) is 19.1 Å². The third-order valence-electron chi connectivity index (χ3n) is 3.64. The van der Waals surface area contributed by atoms with Crippen LogP contribution in [0.25, 0.3) is 0 Å². The Bertz CT molecular complexity index is 687. The van der Waals surface area contributed by atoms with E-state index < -0.39 is 53.4 Å². The zero-order chi connectivity index (χ0) is 17.2. The molecule has 1 aliphatic rings. The van der Waals surface area contributed by atoms with E-state index in [1.54, 1.807) is 6.92 Å². The molecule has 0 radical (unpaired) electrons. The topological polar surface area (TPSA) is 131 Å². The molecule has 0 unspecified atom stereocenters. The fraction of sp³-hybridized carbons (Fsp3) is 0.615. The molecule has 2 rings (SSSR count). The number of H-pyrrole nitrogens is 1. The van der Waals surface area contributed by atoms with Gasteiger partial charge in [0.05, 0.1) is 31.0 Å². The van der Waals surface area contributed by atoms with E-state index in [0.717, 1.165) is 16.8 Å². The first-order valence-electron chi connectivity index (χ1n) is 6.98. The minimum absolute atomic E-state index is 0.124. The molecule has 23 heavy (non-hydrogen) atoms. The van der Waals surface area contributed by atoms with Gasteiger partial charge < -0.3 is 19.7 Å². The van der Waals surface area contributed by atoms with Gasteiger partial charge in [0.1, 0.15) is 6.10 Å². The molecular weight excluding hydrogens is 328 g/mol. The zero-order valence-corrected chi connectivity index (χ0v) is 13.2. The molecule has 9 nitrogen and oxygen atoms in total. The van der Waals surface area contributed by atoms with Gasteiger partial charge in [-0.25, -0.2) is 4.79 Å². The summed E-state index contributed by atoms with van der Waals surface area (Å²) in [5.74, 6) is -0.671. The fourth-order valence-electron chi connectivity index (χ4n) is 2.58. The number of aliphatic hydroxyl groups excluding tert-OH is 2. The highest BCUT2D eigenvalue weighted by molar-refractivity contribution is 7.81. The largest absolute Gasteiger partial charge is 0.466 e. The van der Waals surface area contributed by atoms with Crippen LogP contribution in [0.1, 0.15) is 13.3 Å². The third-order valence-corrected chi connectivity index (χ3v) is 4.35. The lowest BCUT2D eigenvalue weighted by Gasteiger charge is -2.33. The lowest BCUT2D eigenvalue weighted by atomic mass is 10.0. The van der Waals surface area contributed by atoms with Crippen LogP contribution in [0.4, 0.5) is 0 Å². The molecule has 128 valence electrons. The summed E-state index contributed by atoms with van der Waals surface area (Å²) in [7, 11) is 0. The van der Waals surface area contributed by atoms with Crippen LogP contribution in [-0.4, -0.2) is 56.4 Å². The van der Waals surface area contributed by atoms with E-state index in [1.165, 1.54) is 0 Å². The second kappa shape index (κ2) is 6.87. The SMILES string of the molecule is CCOC(=O)C[C@@]1(n2ccc(=O)[nH]c2=O)O[C@H](CO)[C@@H](O)[C@H]1S. The molecule has 1 aromatic heterocycles. The van der Waals surface area contributed by atoms with Crippen LogP contribution >= 0.6 is 12.6 Å². The first-order valence-corrected chi connectivity index (χ1v) is 7.50. The molecular formula is C13H18N2O7S. The summed E-state index contributed by atoms with van der Waals surface area (Å²) in [4.78, 5) is 37.3. The van der Waals surface area contributed by atoms with Gasteiger partial charge in [-0.2, -0.15) is 12.6 Å². The maximum absolute atomic E-state index is 12.1. The Balaban J connectivity index is 2.54. The van der Waals surface area contributed by atoms with Crippen molar-refractivity contribution in [2.75, 3.05) is 13.2 Å². The van der Waals surface area contributed by atoms with E-state index in [4.69, 9.17) is 9.47 Å². The van der Waals surface area contributed by atoms with Crippen molar-refractivity contribution in [1.29, 1.82) is 0 Å². The summed E-state index contributed by atoms with van der Waals surface area (Å²) in [6.07, 6.45) is -1.53. The van der Waals surface area contributed by atoms with Gasteiger partial charge in [-0.1, -0.05) is 0 Å². The van der Waals surface area contributed by atoms with Crippen LogP contribution in [-0.2, 0) is 20.0 Å². The van der Waals surface area contributed by atoms with E-state index in [1.807, 2.05) is 0 Å². The van der Waals surface area contributed by atoms with E-state index in [9.17, 15) is 24.6 Å². The second-order valence-corrected chi connectivity index (χ2v) is 5.64. The van der Waals surface area contributed by atoms with Crippen LogP contribution in [0.15, 0.2) is 21.9 Å². The van der Waals surface area contributed by atoms with Crippen molar-refractivity contribution in [3.05, 3.63) is 33.1 Å². The van der Waals surface area contributed by atoms with Crippen molar-refractivity contribution in [3.63, 3.8) is 0 Å². The quantitative estimate of drug-likeness (QED) is 0.365. The minimum atomic E-state index is -1.69. The van der Waals surface area contributed by atoms with Crippen molar-refractivity contribution in [2.24, 2.45) is 0 Å². The number of nitrogens with one attached hydrogen (secondary N) is 1. The summed E-state index contributed by atoms with van der Waals surface area (Å²) >= 11 is 4.26. The Morgan fingerprint density at radius 3 is 2.78 bits per heavy atom. The summed E-state index contributed by atoms with van der Waals surface area (Å²) in [5, 5.41) is 18.4. The number of hydrogen-bond donors (Lipinski definition) is 4. The molecule has 10 heteroatoms. The molecule has 0 aromatic carbocycles. The Morgan fingerprint density at radius 1 is 1.57 bits per heavy atom. The predicted molar refractivity (Wildman–Crippen MR) is 81.3 cm³/mol. The predicted octanol–water partition coefficient (Wildman–Crippen LogP) is -1.81. The average Bonchev–Trinajstić information content (AvgIpc) is 2.73. The molecule has 0 aliphatic carbocycles. The zero-order valence-electron chi connectivity index (χ0n) is 12.3. The Labute approximate surface area is 136 Å². The van der Waals surface area contributed by atoms with Gasteiger partial charge in [-0.05, 0) is 6.92 Å². The monoisotopic (exact) mass is 346 g/mol. The lowest BCUT2D eigenvalue weighted by molar-refractivity contribution is -0.162. The average molecular weight is 346 g/mol. The van der Waals surface area contributed by atoms with Crippen molar-refractivity contribution < 1.29 is 24.5 Å². The van der Waals surface area contributed by atoms with Gasteiger partial charge in [-0.15, -0.1) is 0 Å². The minimum Gasteiger partial charge on any atom is -0.466 e. The van der Waals surface area contributed by atoms with Gasteiger partial charge >= 0.3 is 11.7 Å². The number of esters is 1. The Morgan fingerprint density at radius 2 is 2.26 bits per heavy atom. The number of hydrogen-bond acceptors (Lipinski definition) is 8. The number of carbonyl (C=O) groups is 1. The van der Waals surface area contributed by atoms with Crippen LogP contribution < -0.4 is 11.2 Å². The maximum atomic E-state index is 12.1. The molecule has 0 spiro atoms. The summed E-state index contributed by atoms with van der Waals surface area (Å²) in [5.41, 5.74) is -3.14. The normalized spacial score (nSPS) is 30.3. The van der Waals surface area contributed by atoms with E-state index in [-0.39, 0.29) is 6.61 Å². The molecule has 4 atom stereocenters. The number of nitrogens with zero attached hydrogens (tertiary/aromatic N) is 1. The highest BCUT2D eigenvalue weighted by atomic mass is 32.1. The number of ether oxygens (including phenoxy) is 2. The number of aromatic nitrogens is 2. The van der Waals surface area contributed by atoms with Crippen LogP contribution in [0.2, 0.25) is 0 Å². The van der Waals surface area contributed by atoms with Crippen LogP contribution in [0.5, 0.6) is 0 Å². The van der Waals surface area contributed by atoms with Gasteiger partial charge in [0.25, 0.3) is 5.56 Å². The number of rotatable bonds is 5. The molecule has 1 fully saturated rings. The Kier molecular flexibility index (Phi) is 5.30. The third kappa shape index (κ3) is 3.20. The number of carbonyl (C=O) groups excluding carboxylic acids is 1. The van der Waals surface area contributed by atoms with Crippen LogP contribution in [0.3, 0.4) is 0 Å². The van der Waals surface area contributed by atoms with Crippen molar-refractivity contribution >= 4 is 18.6 Å². The number of aliphatic hydroxyl groups is 2. The van der Waals surface area contributed by atoms with Crippen molar-refractivity contribution in [3.8, 4) is 0 Å². The molecule has 0 bridgehead atoms. The second-order valence-electron chi connectivity index (χ2n) is 5.08. The maximum Gasteiger partial charge on any atom is 0.330 e. The molecule has 1 aromatic rings. The highest BCUT2D eigenvalue weighted by Crippen LogP contribution is 2.40. The smallest absolute Gasteiger partial charge is 0.330 e. The molecule has 2 heterocycles. The van der Waals surface area contributed by atoms with E-state index >= 15 is 0 Å². The van der Waals surface area contributed by atoms with Crippen molar-refractivity contribution in [2.45, 2.75) is 36.5 Å². The molecule has 0 amide bonds. The summed E-state index contributed by atoms with van der Waals surface area (Å²) in [6, 6.07) is 1.08. The van der Waals surface area contributed by atoms with Gasteiger partial charge in [0, 0.05) is 12.3 Å². The van der Waals surface area contributed by atoms with Crippen molar-refractivity contribution in [1.82, 2.24) is 9.55 Å². The molecule has 1 saturated heterocycles. The Hall–Kier alpha value is -1.62. The first kappa shape index (κ1) is 17.7. The number of thiol groups is 1. The molecule has 3 N–H and O–H groups in total. The molecule has 1 aliphatic heterocycles. The van der Waals surface area contributed by atoms with Gasteiger partial charge in [0.15, 0.2) is 5.72 Å². The summed E-state index contributed by atoms with van der Waals surface area (Å²) < 4.78 is 11.5. The van der Waals surface area contributed by atoms with E-state index in [2.05, 4.69) is 17.6 Å². The van der Waals surface area contributed by atoms with E-state index in [0.29, 0.717) is 0 Å².